The van der Waals surface area contributed by atoms with E-state index in [0.717, 1.165) is 35.3 Å². The van der Waals surface area contributed by atoms with Crippen molar-refractivity contribution >= 4 is 5.91 Å². The van der Waals surface area contributed by atoms with Gasteiger partial charge in [0.2, 0.25) is 5.91 Å². The van der Waals surface area contributed by atoms with E-state index in [1.165, 1.54) is 25.7 Å². The summed E-state index contributed by atoms with van der Waals surface area (Å²) in [5.41, 5.74) is 1.16. The zero-order valence-corrected chi connectivity index (χ0v) is 15.6. The second-order valence-electron chi connectivity index (χ2n) is 7.39. The summed E-state index contributed by atoms with van der Waals surface area (Å²) in [5.74, 6) is 4.14. The molecule has 4 heteroatoms. The molecule has 1 N–H and O–H groups in total. The first kappa shape index (κ1) is 18.1. The molecule has 2 aliphatic rings. The van der Waals surface area contributed by atoms with E-state index >= 15 is 0 Å². The average molecular weight is 345 g/mol. The van der Waals surface area contributed by atoms with Gasteiger partial charge in [-0.1, -0.05) is 12.5 Å². The summed E-state index contributed by atoms with van der Waals surface area (Å²) < 4.78 is 11.3. The first-order chi connectivity index (χ1) is 12.2. The number of carbonyl (C=O) groups excluding carboxylic acids is 1. The number of fused-ring (bicyclic) bond motifs is 2. The maximum absolute atomic E-state index is 12.2. The summed E-state index contributed by atoms with van der Waals surface area (Å²) in [6, 6.07) is 6.03. The van der Waals surface area contributed by atoms with Crippen molar-refractivity contribution in [3.05, 3.63) is 23.8 Å². The number of hydrogen-bond acceptors (Lipinski definition) is 3. The molecule has 0 aliphatic heterocycles. The lowest BCUT2D eigenvalue weighted by molar-refractivity contribution is -0.122. The van der Waals surface area contributed by atoms with Gasteiger partial charge in [0.25, 0.3) is 0 Å². The number of rotatable bonds is 9. The summed E-state index contributed by atoms with van der Waals surface area (Å²) in [6.07, 6.45) is 6.90. The number of ether oxygens (including phenoxy) is 2. The van der Waals surface area contributed by atoms with Crippen molar-refractivity contribution in [2.24, 2.45) is 17.8 Å². The van der Waals surface area contributed by atoms with E-state index < -0.39 is 0 Å². The Bertz CT molecular complexity index is 587. The lowest BCUT2D eigenvalue weighted by Gasteiger charge is -2.20. The molecule has 3 atom stereocenters. The normalized spacial score (nSPS) is 24.3. The standard InChI is InChI=1S/C21H31NO3/c1-3-24-19-8-6-15(13-20(19)25-4-2)9-10-22-21(23)14-18-12-16-5-7-17(18)11-16/h6,8,13,16-18H,3-5,7,9-12,14H2,1-2H3,(H,22,23)/t16-,17-,18-/m1/s1. The maximum Gasteiger partial charge on any atom is 0.220 e. The molecule has 0 spiro atoms. The molecule has 4 nitrogen and oxygen atoms in total. The largest absolute Gasteiger partial charge is 0.490 e. The molecule has 3 rings (SSSR count). The molecular weight excluding hydrogens is 314 g/mol. The smallest absolute Gasteiger partial charge is 0.220 e. The van der Waals surface area contributed by atoms with Gasteiger partial charge in [-0.15, -0.1) is 0 Å². The van der Waals surface area contributed by atoms with Crippen LogP contribution in [0.25, 0.3) is 0 Å². The van der Waals surface area contributed by atoms with E-state index in [-0.39, 0.29) is 5.91 Å². The summed E-state index contributed by atoms with van der Waals surface area (Å²) in [5, 5.41) is 3.10. The van der Waals surface area contributed by atoms with Gasteiger partial charge in [-0.3, -0.25) is 4.79 Å². The Morgan fingerprint density at radius 3 is 2.60 bits per heavy atom. The highest BCUT2D eigenvalue weighted by atomic mass is 16.5. The Morgan fingerprint density at radius 1 is 1.12 bits per heavy atom. The second kappa shape index (κ2) is 8.59. The number of benzene rings is 1. The summed E-state index contributed by atoms with van der Waals surface area (Å²) in [4.78, 5) is 12.2. The van der Waals surface area contributed by atoms with Crippen molar-refractivity contribution < 1.29 is 14.3 Å². The monoisotopic (exact) mass is 345 g/mol. The third kappa shape index (κ3) is 4.68. The van der Waals surface area contributed by atoms with Crippen molar-refractivity contribution in [2.75, 3.05) is 19.8 Å². The summed E-state index contributed by atoms with van der Waals surface area (Å²) >= 11 is 0. The summed E-state index contributed by atoms with van der Waals surface area (Å²) in [7, 11) is 0. The number of amides is 1. The molecule has 0 radical (unpaired) electrons. The molecular formula is C21H31NO3. The molecule has 0 unspecified atom stereocenters. The Hall–Kier alpha value is -1.71. The fourth-order valence-electron chi connectivity index (χ4n) is 4.53. The van der Waals surface area contributed by atoms with Crippen LogP contribution in [-0.4, -0.2) is 25.7 Å². The third-order valence-electron chi connectivity index (χ3n) is 5.68. The molecule has 2 saturated carbocycles. The van der Waals surface area contributed by atoms with Crippen LogP contribution in [0.3, 0.4) is 0 Å². The fraction of sp³-hybridized carbons (Fsp3) is 0.667. The predicted octanol–water partition coefficient (Wildman–Crippen LogP) is 3.97. The molecule has 1 aromatic rings. The van der Waals surface area contributed by atoms with Gasteiger partial charge >= 0.3 is 0 Å². The van der Waals surface area contributed by atoms with Gasteiger partial charge in [0.1, 0.15) is 0 Å². The molecule has 0 aromatic heterocycles. The van der Waals surface area contributed by atoms with Crippen LogP contribution in [-0.2, 0) is 11.2 Å². The summed E-state index contributed by atoms with van der Waals surface area (Å²) in [6.45, 7) is 5.86. The van der Waals surface area contributed by atoms with Crippen molar-refractivity contribution in [1.29, 1.82) is 0 Å². The van der Waals surface area contributed by atoms with Gasteiger partial charge in [-0.05, 0) is 75.0 Å². The van der Waals surface area contributed by atoms with E-state index in [1.807, 2.05) is 26.0 Å². The van der Waals surface area contributed by atoms with Crippen LogP contribution in [0.5, 0.6) is 11.5 Å². The molecule has 0 heterocycles. The maximum atomic E-state index is 12.2. The molecule has 1 amide bonds. The first-order valence-electron chi connectivity index (χ1n) is 9.84. The van der Waals surface area contributed by atoms with Crippen molar-refractivity contribution in [3.63, 3.8) is 0 Å². The minimum atomic E-state index is 0.216. The minimum absolute atomic E-state index is 0.216. The zero-order valence-electron chi connectivity index (χ0n) is 15.6. The molecule has 25 heavy (non-hydrogen) atoms. The van der Waals surface area contributed by atoms with E-state index in [0.29, 0.717) is 32.1 Å². The van der Waals surface area contributed by atoms with Gasteiger partial charge in [0, 0.05) is 13.0 Å². The van der Waals surface area contributed by atoms with Crippen LogP contribution < -0.4 is 14.8 Å². The highest BCUT2D eigenvalue weighted by Crippen LogP contribution is 2.49. The topological polar surface area (TPSA) is 47.6 Å². The Kier molecular flexibility index (Phi) is 6.22. The number of carbonyl (C=O) groups is 1. The lowest BCUT2D eigenvalue weighted by Crippen LogP contribution is -2.29. The van der Waals surface area contributed by atoms with Gasteiger partial charge in [-0.2, -0.15) is 0 Å². The Balaban J connectivity index is 1.44. The molecule has 2 fully saturated rings. The molecule has 1 aromatic carbocycles. The lowest BCUT2D eigenvalue weighted by atomic mass is 9.86. The van der Waals surface area contributed by atoms with E-state index in [1.54, 1.807) is 0 Å². The molecule has 138 valence electrons. The van der Waals surface area contributed by atoms with Crippen molar-refractivity contribution in [2.45, 2.75) is 52.4 Å². The SMILES string of the molecule is CCOc1ccc(CCNC(=O)C[C@H]2C[C@@H]3CC[C@@H]2C3)cc1OCC. The van der Waals surface area contributed by atoms with Crippen molar-refractivity contribution in [1.82, 2.24) is 5.32 Å². The van der Waals surface area contributed by atoms with E-state index in [4.69, 9.17) is 9.47 Å². The molecule has 0 saturated heterocycles. The third-order valence-corrected chi connectivity index (χ3v) is 5.68. The van der Waals surface area contributed by atoms with Gasteiger partial charge in [-0.25, -0.2) is 0 Å². The quantitative estimate of drug-likeness (QED) is 0.737. The molecule has 2 bridgehead atoms. The number of nitrogens with one attached hydrogen (secondary N) is 1. The number of hydrogen-bond donors (Lipinski definition) is 1. The van der Waals surface area contributed by atoms with Crippen LogP contribution in [0.1, 0.15) is 51.5 Å². The Labute approximate surface area is 151 Å². The van der Waals surface area contributed by atoms with Gasteiger partial charge in [0.05, 0.1) is 13.2 Å². The first-order valence-corrected chi connectivity index (χ1v) is 9.84. The van der Waals surface area contributed by atoms with Crippen molar-refractivity contribution in [3.8, 4) is 11.5 Å². The van der Waals surface area contributed by atoms with Crippen LogP contribution in [0.15, 0.2) is 18.2 Å². The highest BCUT2D eigenvalue weighted by Gasteiger charge is 2.39. The Morgan fingerprint density at radius 2 is 1.92 bits per heavy atom. The highest BCUT2D eigenvalue weighted by molar-refractivity contribution is 5.76. The van der Waals surface area contributed by atoms with Gasteiger partial charge in [0.15, 0.2) is 11.5 Å². The molecule has 2 aliphatic carbocycles. The van der Waals surface area contributed by atoms with Crippen LogP contribution in [0.2, 0.25) is 0 Å². The van der Waals surface area contributed by atoms with Crippen LogP contribution >= 0.6 is 0 Å². The van der Waals surface area contributed by atoms with Crippen LogP contribution in [0.4, 0.5) is 0 Å². The van der Waals surface area contributed by atoms with Crippen LogP contribution in [0, 0.1) is 17.8 Å². The second-order valence-corrected chi connectivity index (χ2v) is 7.39. The van der Waals surface area contributed by atoms with E-state index in [2.05, 4.69) is 11.4 Å². The predicted molar refractivity (Wildman–Crippen MR) is 99.0 cm³/mol. The average Bonchev–Trinajstić information content (AvgIpc) is 3.20. The zero-order chi connectivity index (χ0) is 17.6. The van der Waals surface area contributed by atoms with Gasteiger partial charge < -0.3 is 14.8 Å². The minimum Gasteiger partial charge on any atom is -0.490 e. The fourth-order valence-corrected chi connectivity index (χ4v) is 4.53. The van der Waals surface area contributed by atoms with E-state index in [9.17, 15) is 4.79 Å².